The molecule has 3 aromatic rings. The molecule has 5 nitrogen and oxygen atoms in total. The van der Waals surface area contributed by atoms with Crippen LogP contribution in [0.2, 0.25) is 0 Å². The quantitative estimate of drug-likeness (QED) is 0.421. The van der Waals surface area contributed by atoms with Gasteiger partial charge in [0, 0.05) is 19.1 Å². The highest BCUT2D eigenvalue weighted by Crippen LogP contribution is 2.28. The number of aryl methyl sites for hydroxylation is 2. The van der Waals surface area contributed by atoms with Crippen molar-refractivity contribution in [3.05, 3.63) is 76.7 Å². The van der Waals surface area contributed by atoms with Crippen LogP contribution in [0.25, 0.3) is 11.1 Å². The second-order valence-corrected chi connectivity index (χ2v) is 7.48. The van der Waals surface area contributed by atoms with Crippen molar-refractivity contribution in [1.29, 1.82) is 5.26 Å². The molecular formula is C26H29N3O2. The first-order valence-electron chi connectivity index (χ1n) is 10.7. The minimum Gasteiger partial charge on any atom is -0.475 e. The lowest BCUT2D eigenvalue weighted by atomic mass is 9.95. The fourth-order valence-corrected chi connectivity index (χ4v) is 3.56. The molecule has 31 heavy (non-hydrogen) atoms. The summed E-state index contributed by atoms with van der Waals surface area (Å²) in [6.07, 6.45) is 3.64. The Morgan fingerprint density at radius 1 is 1.03 bits per heavy atom. The van der Waals surface area contributed by atoms with Gasteiger partial charge in [0.05, 0.1) is 23.9 Å². The van der Waals surface area contributed by atoms with Crippen LogP contribution in [0.3, 0.4) is 0 Å². The summed E-state index contributed by atoms with van der Waals surface area (Å²) in [7, 11) is 1.65. The minimum absolute atomic E-state index is 0.434. The molecule has 0 amide bonds. The largest absolute Gasteiger partial charge is 0.475 e. The average Bonchev–Trinajstić information content (AvgIpc) is 2.80. The highest BCUT2D eigenvalue weighted by Gasteiger charge is 2.16. The van der Waals surface area contributed by atoms with Crippen molar-refractivity contribution in [3.63, 3.8) is 0 Å². The van der Waals surface area contributed by atoms with Crippen molar-refractivity contribution in [2.45, 2.75) is 39.5 Å². The van der Waals surface area contributed by atoms with Crippen LogP contribution in [0.5, 0.6) is 5.88 Å². The van der Waals surface area contributed by atoms with Gasteiger partial charge in [-0.3, -0.25) is 0 Å². The van der Waals surface area contributed by atoms with E-state index < -0.39 is 0 Å². The summed E-state index contributed by atoms with van der Waals surface area (Å²) in [6, 6.07) is 18.4. The number of unbranched alkanes of at least 4 members (excludes halogenated alkanes) is 1. The number of methoxy groups -OCH3 is 1. The minimum atomic E-state index is 0.434. The third kappa shape index (κ3) is 5.90. The Labute approximate surface area is 184 Å². The molecule has 2 aromatic carbocycles. The zero-order valence-corrected chi connectivity index (χ0v) is 18.5. The maximum atomic E-state index is 9.76. The van der Waals surface area contributed by atoms with Crippen LogP contribution in [-0.4, -0.2) is 30.3 Å². The van der Waals surface area contributed by atoms with Crippen molar-refractivity contribution in [2.75, 3.05) is 20.3 Å². The lowest BCUT2D eigenvalue weighted by Gasteiger charge is -2.16. The van der Waals surface area contributed by atoms with Crippen LogP contribution >= 0.6 is 0 Å². The first-order chi connectivity index (χ1) is 15.2. The van der Waals surface area contributed by atoms with Crippen LogP contribution in [-0.2, 0) is 17.6 Å². The molecule has 0 atom stereocenters. The molecule has 0 saturated carbocycles. The molecule has 160 valence electrons. The molecule has 5 heteroatoms. The van der Waals surface area contributed by atoms with E-state index in [2.05, 4.69) is 24.0 Å². The molecule has 3 rings (SSSR count). The number of rotatable bonds is 10. The number of benzene rings is 2. The maximum absolute atomic E-state index is 9.76. The van der Waals surface area contributed by atoms with E-state index >= 15 is 0 Å². The molecule has 0 aliphatic rings. The Kier molecular flexibility index (Phi) is 8.14. The van der Waals surface area contributed by atoms with Crippen molar-refractivity contribution in [1.82, 2.24) is 9.97 Å². The molecule has 0 bridgehead atoms. The lowest BCUT2D eigenvalue weighted by Crippen LogP contribution is -2.12. The number of hydrogen-bond donors (Lipinski definition) is 0. The first-order valence-corrected chi connectivity index (χ1v) is 10.7. The third-order valence-electron chi connectivity index (χ3n) is 5.13. The van der Waals surface area contributed by atoms with Crippen LogP contribution < -0.4 is 4.74 Å². The second-order valence-electron chi connectivity index (χ2n) is 7.48. The summed E-state index contributed by atoms with van der Waals surface area (Å²) in [4.78, 5) is 9.28. The van der Waals surface area contributed by atoms with Gasteiger partial charge in [-0.2, -0.15) is 10.2 Å². The predicted octanol–water partition coefficient (Wildman–Crippen LogP) is 5.28. The fourth-order valence-electron chi connectivity index (χ4n) is 3.56. The number of aromatic nitrogens is 2. The molecule has 0 unspecified atom stereocenters. The standard InChI is InChI=1S/C26H29N3O2/c1-4-5-11-25-24(26(29-19(2)28-25)31-15-14-30-3)17-20-12-13-23(22(16-20)18-27)21-9-7-6-8-10-21/h6-10,12-13,16H,4-5,11,14-15,17H2,1-3H3. The molecule has 0 saturated heterocycles. The van der Waals surface area contributed by atoms with Crippen LogP contribution in [0.1, 0.15) is 48.0 Å². The number of hydrogen-bond acceptors (Lipinski definition) is 5. The summed E-state index contributed by atoms with van der Waals surface area (Å²) in [5, 5.41) is 9.76. The van der Waals surface area contributed by atoms with E-state index in [0.29, 0.717) is 36.9 Å². The zero-order chi connectivity index (χ0) is 22.1. The van der Waals surface area contributed by atoms with E-state index in [-0.39, 0.29) is 0 Å². The van der Waals surface area contributed by atoms with Gasteiger partial charge in [0.25, 0.3) is 0 Å². The molecule has 0 aliphatic heterocycles. The number of nitrogens with zero attached hydrogens (tertiary/aromatic N) is 3. The molecule has 1 aromatic heterocycles. The topological polar surface area (TPSA) is 68.0 Å². The smallest absolute Gasteiger partial charge is 0.220 e. The highest BCUT2D eigenvalue weighted by molar-refractivity contribution is 5.71. The highest BCUT2D eigenvalue weighted by atomic mass is 16.5. The van der Waals surface area contributed by atoms with E-state index in [1.807, 2.05) is 49.4 Å². The molecule has 0 N–H and O–H groups in total. The Bertz CT molecular complexity index is 1040. The van der Waals surface area contributed by atoms with Crippen molar-refractivity contribution in [3.8, 4) is 23.1 Å². The van der Waals surface area contributed by atoms with Crippen LogP contribution in [0.15, 0.2) is 48.5 Å². The summed E-state index contributed by atoms with van der Waals surface area (Å²) >= 11 is 0. The van der Waals surface area contributed by atoms with Gasteiger partial charge in [-0.05, 0) is 42.5 Å². The van der Waals surface area contributed by atoms with Gasteiger partial charge in [-0.15, -0.1) is 0 Å². The van der Waals surface area contributed by atoms with Crippen molar-refractivity contribution < 1.29 is 9.47 Å². The van der Waals surface area contributed by atoms with E-state index in [0.717, 1.165) is 47.2 Å². The van der Waals surface area contributed by atoms with Gasteiger partial charge in [0.15, 0.2) is 0 Å². The molecular weight excluding hydrogens is 386 g/mol. The van der Waals surface area contributed by atoms with Gasteiger partial charge in [-0.1, -0.05) is 55.8 Å². The SMILES string of the molecule is CCCCc1nc(C)nc(OCCOC)c1Cc1ccc(-c2ccccc2)c(C#N)c1. The zero-order valence-electron chi connectivity index (χ0n) is 18.5. The Morgan fingerprint density at radius 3 is 2.55 bits per heavy atom. The van der Waals surface area contributed by atoms with Gasteiger partial charge in [-0.25, -0.2) is 4.98 Å². The van der Waals surface area contributed by atoms with Gasteiger partial charge in [0.1, 0.15) is 12.4 Å². The summed E-state index contributed by atoms with van der Waals surface area (Å²) in [5.74, 6) is 1.32. The third-order valence-corrected chi connectivity index (χ3v) is 5.13. The fraction of sp³-hybridized carbons (Fsp3) is 0.346. The van der Waals surface area contributed by atoms with Gasteiger partial charge in [0.2, 0.25) is 5.88 Å². The monoisotopic (exact) mass is 415 g/mol. The van der Waals surface area contributed by atoms with Gasteiger partial charge < -0.3 is 9.47 Å². The lowest BCUT2D eigenvalue weighted by molar-refractivity contribution is 0.143. The normalized spacial score (nSPS) is 10.6. The Hall–Kier alpha value is -3.23. The summed E-state index contributed by atoms with van der Waals surface area (Å²) in [5.41, 5.74) is 5.69. The Balaban J connectivity index is 1.97. The van der Waals surface area contributed by atoms with Crippen LogP contribution in [0, 0.1) is 18.3 Å². The van der Waals surface area contributed by atoms with E-state index in [1.54, 1.807) is 7.11 Å². The first kappa shape index (κ1) is 22.5. The Morgan fingerprint density at radius 2 is 1.84 bits per heavy atom. The second kappa shape index (κ2) is 11.2. The molecule has 0 fully saturated rings. The predicted molar refractivity (Wildman–Crippen MR) is 122 cm³/mol. The van der Waals surface area contributed by atoms with Gasteiger partial charge >= 0.3 is 0 Å². The van der Waals surface area contributed by atoms with E-state index in [4.69, 9.17) is 14.5 Å². The molecule has 0 aliphatic carbocycles. The molecule has 0 radical (unpaired) electrons. The number of nitriles is 1. The average molecular weight is 416 g/mol. The maximum Gasteiger partial charge on any atom is 0.220 e. The van der Waals surface area contributed by atoms with E-state index in [1.165, 1.54) is 0 Å². The van der Waals surface area contributed by atoms with Crippen LogP contribution in [0.4, 0.5) is 0 Å². The van der Waals surface area contributed by atoms with Crippen molar-refractivity contribution in [2.24, 2.45) is 0 Å². The summed E-state index contributed by atoms with van der Waals surface area (Å²) < 4.78 is 11.1. The molecule has 1 heterocycles. The summed E-state index contributed by atoms with van der Waals surface area (Å²) in [6.45, 7) is 5.00. The van der Waals surface area contributed by atoms with Crippen molar-refractivity contribution >= 4 is 0 Å². The van der Waals surface area contributed by atoms with E-state index in [9.17, 15) is 5.26 Å². The molecule has 0 spiro atoms. The number of ether oxygens (including phenoxy) is 2.